The summed E-state index contributed by atoms with van der Waals surface area (Å²) in [5, 5.41) is 14.8. The van der Waals surface area contributed by atoms with Crippen LogP contribution in [-0.2, 0) is 16.1 Å². The van der Waals surface area contributed by atoms with Gasteiger partial charge in [-0.05, 0) is 30.3 Å². The molecule has 10 nitrogen and oxygen atoms in total. The largest absolute Gasteiger partial charge is 0.505 e. The molecule has 0 aliphatic carbocycles. The van der Waals surface area contributed by atoms with Crippen LogP contribution in [0, 0.1) is 5.82 Å². The Bertz CT molecular complexity index is 1420. The lowest BCUT2D eigenvalue weighted by Gasteiger charge is -2.23. The molecular weight excluding hydrogens is 441 g/mol. The van der Waals surface area contributed by atoms with Crippen molar-refractivity contribution in [3.8, 4) is 17.0 Å². The van der Waals surface area contributed by atoms with Crippen molar-refractivity contribution in [2.24, 2.45) is 5.73 Å². The molecule has 2 aromatic carbocycles. The molecule has 34 heavy (non-hydrogen) atoms. The van der Waals surface area contributed by atoms with Gasteiger partial charge in [0.1, 0.15) is 17.8 Å². The van der Waals surface area contributed by atoms with E-state index in [1.54, 1.807) is 30.3 Å². The van der Waals surface area contributed by atoms with Crippen LogP contribution < -0.4 is 16.4 Å². The number of rotatable bonds is 7. The third-order valence-electron chi connectivity index (χ3n) is 5.18. The molecule has 2 amide bonds. The van der Waals surface area contributed by atoms with Crippen LogP contribution in [0.2, 0.25) is 0 Å². The van der Waals surface area contributed by atoms with Gasteiger partial charge in [0.15, 0.2) is 17.2 Å². The number of hydrogen-bond donors (Lipinski definition) is 3. The minimum atomic E-state index is -0.922. The van der Waals surface area contributed by atoms with Gasteiger partial charge in [-0.2, -0.15) is 5.10 Å². The van der Waals surface area contributed by atoms with Crippen LogP contribution in [0.1, 0.15) is 0 Å². The molecule has 0 unspecified atom stereocenters. The highest BCUT2D eigenvalue weighted by molar-refractivity contribution is 6.22. The van der Waals surface area contributed by atoms with Crippen molar-refractivity contribution in [2.45, 2.75) is 6.54 Å². The first-order chi connectivity index (χ1) is 16.3. The average Bonchev–Trinajstić information content (AvgIpc) is 3.21. The van der Waals surface area contributed by atoms with E-state index in [4.69, 9.17) is 11.5 Å². The minimum absolute atomic E-state index is 0.0872. The van der Waals surface area contributed by atoms with Crippen molar-refractivity contribution in [1.82, 2.24) is 19.7 Å². The molecule has 172 valence electrons. The van der Waals surface area contributed by atoms with E-state index in [1.165, 1.54) is 28.0 Å². The molecule has 0 saturated carbocycles. The van der Waals surface area contributed by atoms with E-state index < -0.39 is 23.4 Å². The van der Waals surface area contributed by atoms with Crippen LogP contribution in [0.3, 0.4) is 0 Å². The van der Waals surface area contributed by atoms with E-state index in [2.05, 4.69) is 21.6 Å². The molecule has 0 saturated heterocycles. The molecule has 0 aliphatic rings. The first-order valence-corrected chi connectivity index (χ1v) is 10.1. The van der Waals surface area contributed by atoms with Crippen molar-refractivity contribution < 1.29 is 19.1 Å². The van der Waals surface area contributed by atoms with E-state index in [1.807, 2.05) is 0 Å². The van der Waals surface area contributed by atoms with Gasteiger partial charge in [0, 0.05) is 17.8 Å². The zero-order valence-corrected chi connectivity index (χ0v) is 17.8. The van der Waals surface area contributed by atoms with Crippen molar-refractivity contribution in [1.29, 1.82) is 0 Å². The Kier molecular flexibility index (Phi) is 5.92. The number of aromatic nitrogens is 4. The van der Waals surface area contributed by atoms with Gasteiger partial charge in [-0.25, -0.2) is 19.0 Å². The zero-order valence-electron chi connectivity index (χ0n) is 17.8. The van der Waals surface area contributed by atoms with Gasteiger partial charge in [0.2, 0.25) is 0 Å². The summed E-state index contributed by atoms with van der Waals surface area (Å²) in [6, 6.07) is 12.5. The Morgan fingerprint density at radius 3 is 2.56 bits per heavy atom. The predicted molar refractivity (Wildman–Crippen MR) is 124 cm³/mol. The number of aromatic hydroxyl groups is 1. The maximum atomic E-state index is 13.6. The normalized spacial score (nSPS) is 10.9. The summed E-state index contributed by atoms with van der Waals surface area (Å²) in [5.41, 5.74) is 12.6. The molecule has 0 aliphatic heterocycles. The number of fused-ring (bicyclic) bond motifs is 1. The Morgan fingerprint density at radius 1 is 1.15 bits per heavy atom. The summed E-state index contributed by atoms with van der Waals surface area (Å²) in [4.78, 5) is 34.1. The third-order valence-corrected chi connectivity index (χ3v) is 5.18. The Morgan fingerprint density at radius 2 is 1.88 bits per heavy atom. The van der Waals surface area contributed by atoms with Gasteiger partial charge < -0.3 is 21.5 Å². The minimum Gasteiger partial charge on any atom is -0.505 e. The van der Waals surface area contributed by atoms with Gasteiger partial charge in [-0.1, -0.05) is 24.8 Å². The van der Waals surface area contributed by atoms with E-state index in [0.29, 0.717) is 28.0 Å². The summed E-state index contributed by atoms with van der Waals surface area (Å²) in [5.74, 6) is -2.74. The standard InChI is InChI=1S/C23H20FN7O3/c1-13(21(26)33)23(34)30(15-5-3-2-4-6-15)9-10-31-22-18(20(25)27-12-28-22)19(29-31)14-7-8-16(24)17(32)11-14/h2-8,11-12,32H,1,9-10H2,(H2,26,33)(H2,25,27,28). The molecule has 0 radical (unpaired) electrons. The Hall–Kier alpha value is -4.80. The Balaban J connectivity index is 1.74. The molecule has 4 rings (SSSR count). The van der Waals surface area contributed by atoms with Crippen LogP contribution in [-0.4, -0.2) is 43.2 Å². The van der Waals surface area contributed by atoms with Crippen LogP contribution >= 0.6 is 0 Å². The molecule has 11 heteroatoms. The number of nitrogens with two attached hydrogens (primary N) is 2. The fraction of sp³-hybridized carbons (Fsp3) is 0.0870. The van der Waals surface area contributed by atoms with Crippen molar-refractivity contribution in [3.63, 3.8) is 0 Å². The number of benzene rings is 2. The number of nitrogen functional groups attached to an aromatic ring is 1. The zero-order chi connectivity index (χ0) is 24.4. The SMILES string of the molecule is C=C(C(N)=O)C(=O)N(CCn1nc(-c2ccc(F)c(O)c2)c2c(N)ncnc21)c1ccccc1. The molecule has 4 aromatic rings. The number of phenolic OH excluding ortho intramolecular Hbond substituents is 1. The Labute approximate surface area is 192 Å². The molecule has 0 atom stereocenters. The summed E-state index contributed by atoms with van der Waals surface area (Å²) in [6.07, 6.45) is 1.27. The van der Waals surface area contributed by atoms with E-state index in [0.717, 1.165) is 6.07 Å². The average molecular weight is 461 g/mol. The number of halogens is 1. The molecule has 2 aromatic heterocycles. The van der Waals surface area contributed by atoms with Gasteiger partial charge in [0.25, 0.3) is 11.8 Å². The lowest BCUT2D eigenvalue weighted by atomic mass is 10.1. The summed E-state index contributed by atoms with van der Waals surface area (Å²) >= 11 is 0. The second-order valence-corrected chi connectivity index (χ2v) is 7.33. The quantitative estimate of drug-likeness (QED) is 0.216. The first kappa shape index (κ1) is 22.4. The molecule has 5 N–H and O–H groups in total. The van der Waals surface area contributed by atoms with Crippen LogP contribution in [0.25, 0.3) is 22.3 Å². The lowest BCUT2D eigenvalue weighted by Crippen LogP contribution is -2.38. The maximum absolute atomic E-state index is 13.6. The molecule has 0 bridgehead atoms. The van der Waals surface area contributed by atoms with Crippen LogP contribution in [0.4, 0.5) is 15.9 Å². The summed E-state index contributed by atoms with van der Waals surface area (Å²) in [6.45, 7) is 3.73. The monoisotopic (exact) mass is 461 g/mol. The van der Waals surface area contributed by atoms with Crippen LogP contribution in [0.5, 0.6) is 5.75 Å². The third kappa shape index (κ3) is 4.13. The number of phenols is 1. The number of primary amides is 1. The van der Waals surface area contributed by atoms with Crippen molar-refractivity contribution >= 4 is 34.4 Å². The number of para-hydroxylation sites is 1. The van der Waals surface area contributed by atoms with Gasteiger partial charge in [-0.3, -0.25) is 9.59 Å². The summed E-state index contributed by atoms with van der Waals surface area (Å²) < 4.78 is 15.1. The van der Waals surface area contributed by atoms with Gasteiger partial charge in [0.05, 0.1) is 17.5 Å². The molecule has 0 spiro atoms. The number of anilines is 2. The fourth-order valence-electron chi connectivity index (χ4n) is 3.47. The number of hydrogen-bond acceptors (Lipinski definition) is 7. The highest BCUT2D eigenvalue weighted by Gasteiger charge is 2.23. The lowest BCUT2D eigenvalue weighted by molar-refractivity contribution is -0.120. The van der Waals surface area contributed by atoms with E-state index in [-0.39, 0.29) is 24.5 Å². The molecular formula is C23H20FN7O3. The smallest absolute Gasteiger partial charge is 0.263 e. The molecule has 2 heterocycles. The van der Waals surface area contributed by atoms with Crippen molar-refractivity contribution in [3.05, 3.63) is 72.8 Å². The second kappa shape index (κ2) is 8.98. The fourth-order valence-corrected chi connectivity index (χ4v) is 3.47. The van der Waals surface area contributed by atoms with Crippen LogP contribution in [0.15, 0.2) is 67.0 Å². The van der Waals surface area contributed by atoms with E-state index >= 15 is 0 Å². The highest BCUT2D eigenvalue weighted by atomic mass is 19.1. The topological polar surface area (TPSA) is 153 Å². The highest BCUT2D eigenvalue weighted by Crippen LogP contribution is 2.32. The number of nitrogens with zero attached hydrogens (tertiary/aromatic N) is 5. The van der Waals surface area contributed by atoms with Gasteiger partial charge >= 0.3 is 0 Å². The maximum Gasteiger partial charge on any atom is 0.263 e. The number of carbonyl (C=O) groups is 2. The predicted octanol–water partition coefficient (Wildman–Crippen LogP) is 1.99. The number of amides is 2. The number of carbonyl (C=O) groups excluding carboxylic acids is 2. The summed E-state index contributed by atoms with van der Waals surface area (Å²) in [7, 11) is 0. The van der Waals surface area contributed by atoms with Crippen molar-refractivity contribution in [2.75, 3.05) is 17.2 Å². The first-order valence-electron chi connectivity index (χ1n) is 10.1. The molecule has 0 fully saturated rings. The second-order valence-electron chi connectivity index (χ2n) is 7.33. The van der Waals surface area contributed by atoms with Gasteiger partial charge in [-0.15, -0.1) is 0 Å². The van der Waals surface area contributed by atoms with E-state index in [9.17, 15) is 19.1 Å².